The number of quaternary nitrogens is 1. The van der Waals surface area contributed by atoms with E-state index >= 15 is 0 Å². The summed E-state index contributed by atoms with van der Waals surface area (Å²) < 4.78 is 5.22. The molecule has 0 heterocycles. The largest absolute Gasteiger partial charge is 1.00 e. The standard InChI is InChI=1S/C8H17ClNO2.BrH/c1-10(2,6-4-5-9)7-8(11)12-3;/h4-7H2,1-3H3;1H/q+1;/p-1. The first-order valence-corrected chi connectivity index (χ1v) is 4.50. The molecule has 0 fully saturated rings. The highest BCUT2D eigenvalue weighted by Crippen LogP contribution is 2.00. The number of hydrogen-bond donors (Lipinski definition) is 0. The molecule has 0 N–H and O–H groups in total. The van der Waals surface area contributed by atoms with E-state index in [1.54, 1.807) is 0 Å². The van der Waals surface area contributed by atoms with Crippen LogP contribution in [0.3, 0.4) is 0 Å². The molecule has 0 aliphatic heterocycles. The van der Waals surface area contributed by atoms with E-state index in [-0.39, 0.29) is 23.0 Å². The molecule has 0 aromatic carbocycles. The van der Waals surface area contributed by atoms with Gasteiger partial charge in [0.2, 0.25) is 0 Å². The monoisotopic (exact) mass is 273 g/mol. The van der Waals surface area contributed by atoms with Gasteiger partial charge in [-0.25, -0.2) is 4.79 Å². The summed E-state index contributed by atoms with van der Waals surface area (Å²) in [6.45, 7) is 1.31. The molecule has 0 aliphatic rings. The van der Waals surface area contributed by atoms with Gasteiger partial charge in [0.25, 0.3) is 0 Å². The second-order valence-corrected chi connectivity index (χ2v) is 3.81. The van der Waals surface area contributed by atoms with Crippen molar-refractivity contribution >= 4 is 17.6 Å². The lowest BCUT2D eigenvalue weighted by molar-refractivity contribution is -0.883. The number of alkyl halides is 1. The molecule has 13 heavy (non-hydrogen) atoms. The summed E-state index contributed by atoms with van der Waals surface area (Å²) in [6, 6.07) is 0. The van der Waals surface area contributed by atoms with Crippen molar-refractivity contribution in [2.75, 3.05) is 40.2 Å². The van der Waals surface area contributed by atoms with Gasteiger partial charge in [-0.15, -0.1) is 11.6 Å². The van der Waals surface area contributed by atoms with Crippen LogP contribution >= 0.6 is 11.6 Å². The minimum Gasteiger partial charge on any atom is -1.00 e. The average molecular weight is 275 g/mol. The van der Waals surface area contributed by atoms with Crippen molar-refractivity contribution in [2.24, 2.45) is 0 Å². The zero-order valence-corrected chi connectivity index (χ0v) is 10.7. The Hall–Kier alpha value is 0.200. The quantitative estimate of drug-likeness (QED) is 0.325. The smallest absolute Gasteiger partial charge is 0.361 e. The van der Waals surface area contributed by atoms with Gasteiger partial charge in [-0.3, -0.25) is 0 Å². The van der Waals surface area contributed by atoms with Crippen LogP contribution in [0.1, 0.15) is 6.42 Å². The highest BCUT2D eigenvalue weighted by molar-refractivity contribution is 6.17. The predicted molar refractivity (Wildman–Crippen MR) is 49.2 cm³/mol. The molecule has 0 aromatic rings. The number of methoxy groups -OCH3 is 1. The highest BCUT2D eigenvalue weighted by atomic mass is 79.9. The molecule has 0 unspecified atom stereocenters. The Labute approximate surface area is 95.4 Å². The lowest BCUT2D eigenvalue weighted by Crippen LogP contribution is -3.00. The first kappa shape index (κ1) is 15.7. The van der Waals surface area contributed by atoms with Crippen molar-refractivity contribution in [1.29, 1.82) is 0 Å². The molecular weight excluding hydrogens is 257 g/mol. The van der Waals surface area contributed by atoms with Crippen molar-refractivity contribution in [2.45, 2.75) is 6.42 Å². The predicted octanol–water partition coefficient (Wildman–Crippen LogP) is -2.13. The number of carbonyl (C=O) groups is 1. The van der Waals surface area contributed by atoms with Crippen molar-refractivity contribution in [3.63, 3.8) is 0 Å². The third-order valence-electron chi connectivity index (χ3n) is 1.68. The van der Waals surface area contributed by atoms with E-state index in [4.69, 9.17) is 11.6 Å². The fraction of sp³-hybridized carbons (Fsp3) is 0.875. The normalized spacial score (nSPS) is 10.5. The summed E-state index contributed by atoms with van der Waals surface area (Å²) in [7, 11) is 5.39. The van der Waals surface area contributed by atoms with Gasteiger partial charge in [-0.05, 0) is 0 Å². The molecule has 0 rings (SSSR count). The molecule has 0 saturated heterocycles. The average Bonchev–Trinajstić information content (AvgIpc) is 2.00. The van der Waals surface area contributed by atoms with Crippen LogP contribution in [0.2, 0.25) is 0 Å². The molecule has 0 bridgehead atoms. The van der Waals surface area contributed by atoms with Crippen molar-refractivity contribution in [3.8, 4) is 0 Å². The summed E-state index contributed by atoms with van der Waals surface area (Å²) in [5.41, 5.74) is 0. The molecule has 0 radical (unpaired) electrons. The van der Waals surface area contributed by atoms with Crippen LogP contribution < -0.4 is 17.0 Å². The van der Waals surface area contributed by atoms with E-state index in [1.807, 2.05) is 14.1 Å². The zero-order valence-electron chi connectivity index (χ0n) is 8.35. The SMILES string of the molecule is COC(=O)C[N+](C)(C)CCCCl.[Br-]. The summed E-state index contributed by atoms with van der Waals surface area (Å²) in [4.78, 5) is 10.9. The maximum atomic E-state index is 10.9. The van der Waals surface area contributed by atoms with E-state index in [9.17, 15) is 4.79 Å². The maximum absolute atomic E-state index is 10.9. The Bertz CT molecular complexity index is 153. The van der Waals surface area contributed by atoms with Gasteiger partial charge in [-0.2, -0.15) is 0 Å². The van der Waals surface area contributed by atoms with Crippen LogP contribution in [-0.4, -0.2) is 50.6 Å². The lowest BCUT2D eigenvalue weighted by Gasteiger charge is -2.27. The van der Waals surface area contributed by atoms with Gasteiger partial charge in [0.15, 0.2) is 6.54 Å². The molecule has 0 spiro atoms. The van der Waals surface area contributed by atoms with Gasteiger partial charge >= 0.3 is 5.97 Å². The molecule has 0 amide bonds. The van der Waals surface area contributed by atoms with Crippen molar-refractivity contribution in [1.82, 2.24) is 0 Å². The van der Waals surface area contributed by atoms with Crippen LogP contribution in [-0.2, 0) is 9.53 Å². The van der Waals surface area contributed by atoms with Gasteiger partial charge < -0.3 is 26.2 Å². The lowest BCUT2D eigenvalue weighted by atomic mass is 10.3. The number of likely N-dealkylation sites (N-methyl/N-ethyl adjacent to an activating group) is 1. The second-order valence-electron chi connectivity index (χ2n) is 3.44. The number of rotatable bonds is 5. The second kappa shape index (κ2) is 7.59. The minimum absolute atomic E-state index is 0. The molecule has 0 aromatic heterocycles. The number of nitrogens with zero attached hydrogens (tertiary/aromatic N) is 1. The number of halogens is 2. The zero-order chi connectivity index (χ0) is 9.61. The number of carbonyl (C=O) groups excluding carboxylic acids is 1. The van der Waals surface area contributed by atoms with Gasteiger partial charge in [0, 0.05) is 12.3 Å². The van der Waals surface area contributed by atoms with Crippen LogP contribution in [0.15, 0.2) is 0 Å². The fourth-order valence-corrected chi connectivity index (χ4v) is 1.10. The molecular formula is C8H17BrClNO2. The number of ether oxygens (including phenoxy) is 1. The minimum atomic E-state index is -0.172. The number of esters is 1. The van der Waals surface area contributed by atoms with Crippen LogP contribution in [0.4, 0.5) is 0 Å². The fourth-order valence-electron chi connectivity index (χ4n) is 0.981. The molecule has 0 atom stereocenters. The van der Waals surface area contributed by atoms with Gasteiger partial charge in [-0.1, -0.05) is 0 Å². The van der Waals surface area contributed by atoms with Crippen LogP contribution in [0, 0.1) is 0 Å². The highest BCUT2D eigenvalue weighted by Gasteiger charge is 2.19. The Kier molecular flexibility index (Phi) is 9.14. The maximum Gasteiger partial charge on any atom is 0.361 e. The summed E-state index contributed by atoms with van der Waals surface area (Å²) in [5, 5.41) is 0. The molecule has 80 valence electrons. The molecule has 5 heteroatoms. The van der Waals surface area contributed by atoms with E-state index < -0.39 is 0 Å². The van der Waals surface area contributed by atoms with Crippen LogP contribution in [0.25, 0.3) is 0 Å². The van der Waals surface area contributed by atoms with E-state index in [0.717, 1.165) is 13.0 Å². The summed E-state index contributed by atoms with van der Waals surface area (Å²) >= 11 is 5.55. The molecule has 0 aliphatic carbocycles. The van der Waals surface area contributed by atoms with Crippen LogP contribution in [0.5, 0.6) is 0 Å². The number of hydrogen-bond acceptors (Lipinski definition) is 2. The van der Waals surface area contributed by atoms with E-state index in [1.165, 1.54) is 7.11 Å². The Morgan fingerprint density at radius 2 is 2.00 bits per heavy atom. The van der Waals surface area contributed by atoms with E-state index in [0.29, 0.717) is 16.9 Å². The summed E-state index contributed by atoms with van der Waals surface area (Å²) in [6.07, 6.45) is 0.922. The van der Waals surface area contributed by atoms with Gasteiger partial charge in [0.1, 0.15) is 0 Å². The topological polar surface area (TPSA) is 26.3 Å². The first-order valence-electron chi connectivity index (χ1n) is 3.96. The third-order valence-corrected chi connectivity index (χ3v) is 1.95. The van der Waals surface area contributed by atoms with E-state index in [2.05, 4.69) is 4.74 Å². The van der Waals surface area contributed by atoms with Crippen molar-refractivity contribution in [3.05, 3.63) is 0 Å². The molecule has 0 saturated carbocycles. The Morgan fingerprint density at radius 1 is 1.46 bits per heavy atom. The van der Waals surface area contributed by atoms with Gasteiger partial charge in [0.05, 0.1) is 27.7 Å². The Balaban J connectivity index is 0. The third kappa shape index (κ3) is 8.53. The van der Waals surface area contributed by atoms with Crippen molar-refractivity contribution < 1.29 is 31.0 Å². The summed E-state index contributed by atoms with van der Waals surface area (Å²) in [5.74, 6) is 0.470. The molecule has 3 nitrogen and oxygen atoms in total. The Morgan fingerprint density at radius 3 is 2.38 bits per heavy atom. The first-order chi connectivity index (χ1) is 5.52.